The van der Waals surface area contributed by atoms with Crippen molar-refractivity contribution in [1.29, 1.82) is 0 Å². The summed E-state index contributed by atoms with van der Waals surface area (Å²) in [6, 6.07) is 35.4. The Bertz CT molecular complexity index is 2790. The number of para-hydroxylation sites is 3. The normalized spacial score (nSPS) is 14.1. The van der Waals surface area contributed by atoms with Gasteiger partial charge in [0.2, 0.25) is 0 Å². The van der Waals surface area contributed by atoms with E-state index in [4.69, 9.17) is 19.0 Å². The topological polar surface area (TPSA) is 43.9 Å². The first kappa shape index (κ1) is 29.5. The van der Waals surface area contributed by atoms with Crippen molar-refractivity contribution in [2.75, 3.05) is 0 Å². The summed E-state index contributed by atoms with van der Waals surface area (Å²) in [5.41, 5.74) is 8.97. The fraction of sp³-hybridized carbons (Fsp3) is 0.234. The standard InChI is InChI=1S/C26H27N2.C21H17FNO.Ir/c1-17(2)21-9-8-10-22(18(3)4)25(21)28-24-12-7-6-11-23(24)27-26(28)20-15-13-19(5)14-16-20;1-12(2)18-10-19(23-11-13(18)3)17-6-4-5-16-15-8-7-14(22)9-20(15)24-21(16)17;/h6-15,17-18H,1-5H3;4-5,7-12H,1-3H3;/q2*-1;/i5D3;3D3,12D;. The molecule has 4 nitrogen and oxygen atoms in total. The van der Waals surface area contributed by atoms with E-state index >= 15 is 0 Å². The van der Waals surface area contributed by atoms with E-state index in [1.165, 1.54) is 29.5 Å². The van der Waals surface area contributed by atoms with Gasteiger partial charge in [-0.15, -0.1) is 53.6 Å². The van der Waals surface area contributed by atoms with Crippen LogP contribution in [0.4, 0.5) is 4.39 Å². The SMILES string of the molecule is [2H]C([2H])([2H])c1c[c-]c(-c2nc3ccccc3n2-c2c(C(C)C)cccc2C(C)C)cc1.[2H]C([2H])([2H])c1cnc(-c2[c-]ccc3c2oc2cc(F)ccc23)cc1C([2H])(C)C.[Ir]. The van der Waals surface area contributed by atoms with Gasteiger partial charge in [0.1, 0.15) is 11.4 Å². The molecule has 0 atom stereocenters. The van der Waals surface area contributed by atoms with Crippen molar-refractivity contribution in [2.45, 2.75) is 73.0 Å². The average molecular weight is 885 g/mol. The molecule has 0 fully saturated rings. The van der Waals surface area contributed by atoms with E-state index in [0.29, 0.717) is 39.8 Å². The molecule has 0 unspecified atom stereocenters. The first-order valence-corrected chi connectivity index (χ1v) is 17.4. The molecule has 6 heteroatoms. The number of hydrogen-bond donors (Lipinski definition) is 0. The van der Waals surface area contributed by atoms with Gasteiger partial charge in [-0.05, 0) is 76.8 Å². The van der Waals surface area contributed by atoms with Gasteiger partial charge in [-0.3, -0.25) is 4.98 Å². The molecule has 3 heterocycles. The molecule has 0 saturated carbocycles. The Balaban J connectivity index is 0.000000199. The van der Waals surface area contributed by atoms with Gasteiger partial charge >= 0.3 is 0 Å². The summed E-state index contributed by atoms with van der Waals surface area (Å²) >= 11 is 0. The van der Waals surface area contributed by atoms with Gasteiger partial charge in [-0.1, -0.05) is 95.7 Å². The molecular weight excluding hydrogens is 834 g/mol. The van der Waals surface area contributed by atoms with Crippen molar-refractivity contribution < 1.29 is 38.5 Å². The van der Waals surface area contributed by atoms with Crippen molar-refractivity contribution in [3.05, 3.63) is 149 Å². The van der Waals surface area contributed by atoms with Crippen LogP contribution in [0.15, 0.2) is 108 Å². The predicted octanol–water partition coefficient (Wildman–Crippen LogP) is 13.1. The van der Waals surface area contributed by atoms with Gasteiger partial charge in [0.15, 0.2) is 0 Å². The van der Waals surface area contributed by atoms with Gasteiger partial charge in [0, 0.05) is 53.0 Å². The first-order valence-electron chi connectivity index (χ1n) is 20.9. The van der Waals surface area contributed by atoms with Crippen LogP contribution in [0, 0.1) is 31.7 Å². The fourth-order valence-corrected chi connectivity index (χ4v) is 6.68. The Morgan fingerprint density at radius 2 is 1.58 bits per heavy atom. The Morgan fingerprint density at radius 1 is 0.811 bits per heavy atom. The molecule has 1 radical (unpaired) electrons. The number of imidazole rings is 1. The number of rotatable bonds is 6. The summed E-state index contributed by atoms with van der Waals surface area (Å²) in [6.07, 6.45) is 1.29. The third-order valence-corrected chi connectivity index (χ3v) is 9.27. The number of nitrogens with zero attached hydrogens (tertiary/aromatic N) is 3. The number of halogens is 1. The molecule has 3 aromatic heterocycles. The average Bonchev–Trinajstić information content (AvgIpc) is 3.75. The van der Waals surface area contributed by atoms with Crippen molar-refractivity contribution >= 4 is 33.0 Å². The number of aromatic nitrogens is 3. The summed E-state index contributed by atoms with van der Waals surface area (Å²) in [4.78, 5) is 9.26. The second-order valence-corrected chi connectivity index (χ2v) is 13.8. The zero-order valence-electron chi connectivity index (χ0n) is 37.4. The minimum absolute atomic E-state index is 0. The molecule has 8 rings (SSSR count). The van der Waals surface area contributed by atoms with Crippen LogP contribution >= 0.6 is 0 Å². The van der Waals surface area contributed by atoms with Crippen LogP contribution in [-0.2, 0) is 20.1 Å². The number of benzene rings is 5. The van der Waals surface area contributed by atoms with Crippen LogP contribution in [0.25, 0.3) is 61.3 Å². The first-order chi connectivity index (χ1) is 27.7. The Kier molecular flexibility index (Phi) is 8.70. The largest absolute Gasteiger partial charge is 0.500 e. The van der Waals surface area contributed by atoms with E-state index < -0.39 is 25.4 Å². The van der Waals surface area contributed by atoms with Crippen molar-refractivity contribution in [1.82, 2.24) is 14.5 Å². The van der Waals surface area contributed by atoms with Crippen LogP contribution in [0.2, 0.25) is 0 Å². The van der Waals surface area contributed by atoms with Crippen LogP contribution in [0.5, 0.6) is 0 Å². The van der Waals surface area contributed by atoms with Crippen LogP contribution < -0.4 is 0 Å². The van der Waals surface area contributed by atoms with Gasteiger partial charge < -0.3 is 14.0 Å². The molecule has 271 valence electrons. The summed E-state index contributed by atoms with van der Waals surface area (Å²) < 4.78 is 76.2. The maximum atomic E-state index is 13.6. The van der Waals surface area contributed by atoms with Crippen molar-refractivity contribution in [3.8, 4) is 28.3 Å². The molecule has 0 aliphatic carbocycles. The van der Waals surface area contributed by atoms with Gasteiger partial charge in [-0.2, -0.15) is 0 Å². The molecule has 53 heavy (non-hydrogen) atoms. The fourth-order valence-electron chi connectivity index (χ4n) is 6.68. The molecule has 0 spiro atoms. The maximum Gasteiger partial charge on any atom is 0.126 e. The smallest absolute Gasteiger partial charge is 0.126 e. The zero-order chi connectivity index (χ0) is 42.6. The van der Waals surface area contributed by atoms with Crippen LogP contribution in [-0.4, -0.2) is 14.5 Å². The third kappa shape index (κ3) is 7.36. The summed E-state index contributed by atoms with van der Waals surface area (Å²) in [5.74, 6) is -0.0789. The zero-order valence-corrected chi connectivity index (χ0v) is 32.8. The van der Waals surface area contributed by atoms with Gasteiger partial charge in [0.05, 0.1) is 22.4 Å². The van der Waals surface area contributed by atoms with E-state index in [9.17, 15) is 4.39 Å². The Hall–Kier alpha value is -4.90. The van der Waals surface area contributed by atoms with Crippen molar-refractivity contribution in [2.24, 2.45) is 0 Å². The minimum Gasteiger partial charge on any atom is -0.500 e. The molecule has 0 aliphatic heterocycles. The molecule has 0 bridgehead atoms. The molecule has 8 aromatic rings. The van der Waals surface area contributed by atoms with Crippen LogP contribution in [0.3, 0.4) is 0 Å². The van der Waals surface area contributed by atoms with Crippen LogP contribution in [0.1, 0.15) is 96.7 Å². The number of aryl methyl sites for hydroxylation is 2. The molecule has 0 aliphatic rings. The minimum atomic E-state index is -2.37. The van der Waals surface area contributed by atoms with E-state index in [2.05, 4.69) is 73.6 Å². The monoisotopic (exact) mass is 885 g/mol. The molecule has 0 amide bonds. The van der Waals surface area contributed by atoms with Gasteiger partial charge in [0.25, 0.3) is 0 Å². The maximum absolute atomic E-state index is 13.6. The summed E-state index contributed by atoms with van der Waals surface area (Å²) in [5, 5.41) is 1.56. The summed E-state index contributed by atoms with van der Waals surface area (Å²) in [6.45, 7) is 7.58. The van der Waals surface area contributed by atoms with Gasteiger partial charge in [-0.25, -0.2) is 4.39 Å². The van der Waals surface area contributed by atoms with E-state index in [1.54, 1.807) is 44.2 Å². The van der Waals surface area contributed by atoms with Crippen molar-refractivity contribution in [3.63, 3.8) is 0 Å². The number of pyridine rings is 1. The molecular formula is C47H44FIrN3O-2. The van der Waals surface area contributed by atoms with E-state index in [1.807, 2.05) is 30.3 Å². The predicted molar refractivity (Wildman–Crippen MR) is 213 cm³/mol. The Labute approximate surface area is 335 Å². The number of hydrogen-bond acceptors (Lipinski definition) is 3. The van der Waals surface area contributed by atoms with E-state index in [0.717, 1.165) is 38.9 Å². The second kappa shape index (κ2) is 15.6. The second-order valence-electron chi connectivity index (χ2n) is 13.8. The number of fused-ring (bicyclic) bond motifs is 4. The third-order valence-electron chi connectivity index (χ3n) is 9.27. The molecule has 0 saturated heterocycles. The quantitative estimate of drug-likeness (QED) is 0.156. The van der Waals surface area contributed by atoms with E-state index in [-0.39, 0.29) is 31.2 Å². The summed E-state index contributed by atoms with van der Waals surface area (Å²) in [7, 11) is 0. The molecule has 0 N–H and O–H groups in total. The Morgan fingerprint density at radius 3 is 2.26 bits per heavy atom. The number of furan rings is 1. The molecule has 5 aromatic carbocycles.